The van der Waals surface area contributed by atoms with Gasteiger partial charge in [-0.2, -0.15) is 5.26 Å². The Morgan fingerprint density at radius 3 is 2.85 bits per heavy atom. The highest BCUT2D eigenvalue weighted by molar-refractivity contribution is 5.40. The van der Waals surface area contributed by atoms with Crippen molar-refractivity contribution < 1.29 is 0 Å². The Balaban J connectivity index is 2.41. The molecule has 108 valence electrons. The van der Waals surface area contributed by atoms with E-state index in [2.05, 4.69) is 35.3 Å². The molecule has 0 aliphatic carbocycles. The van der Waals surface area contributed by atoms with Crippen LogP contribution in [-0.4, -0.2) is 31.6 Å². The number of rotatable bonds is 4. The number of benzene rings is 1. The number of nitrogens with zero attached hydrogens (tertiary/aromatic N) is 2. The zero-order valence-electron chi connectivity index (χ0n) is 12.6. The van der Waals surface area contributed by atoms with Crippen LogP contribution in [-0.2, 0) is 0 Å². The molecule has 2 atom stereocenters. The molecule has 1 aliphatic heterocycles. The van der Waals surface area contributed by atoms with E-state index in [4.69, 9.17) is 0 Å². The van der Waals surface area contributed by atoms with Crippen molar-refractivity contribution in [1.82, 2.24) is 10.2 Å². The number of nitrogens with one attached hydrogen (secondary N) is 1. The van der Waals surface area contributed by atoms with E-state index in [0.717, 1.165) is 25.2 Å². The van der Waals surface area contributed by atoms with Gasteiger partial charge in [0.1, 0.15) is 0 Å². The molecule has 2 unspecified atom stereocenters. The van der Waals surface area contributed by atoms with E-state index in [0.29, 0.717) is 12.0 Å². The van der Waals surface area contributed by atoms with Crippen molar-refractivity contribution in [3.05, 3.63) is 35.4 Å². The van der Waals surface area contributed by atoms with E-state index in [9.17, 15) is 5.26 Å². The van der Waals surface area contributed by atoms with Crippen molar-refractivity contribution in [2.45, 2.75) is 32.2 Å². The van der Waals surface area contributed by atoms with Crippen molar-refractivity contribution in [3.8, 4) is 6.07 Å². The monoisotopic (exact) mass is 271 g/mol. The smallest absolute Gasteiger partial charge is 0.0995 e. The maximum Gasteiger partial charge on any atom is 0.0995 e. The molecule has 0 bridgehead atoms. The molecule has 1 aliphatic rings. The Labute approximate surface area is 122 Å². The standard InChI is InChI=1S/C17H25N3/c1-3-20-11-7-6-9-15(13-19-2)17(20)16-10-5-4-8-14(16)12-18/h4-5,8,10,15,17,19H,3,6-7,9,11,13H2,1-2H3. The molecule has 1 heterocycles. The second-order valence-corrected chi connectivity index (χ2v) is 5.59. The molecule has 3 heteroatoms. The largest absolute Gasteiger partial charge is 0.319 e. The molecular weight excluding hydrogens is 246 g/mol. The third-order valence-corrected chi connectivity index (χ3v) is 4.38. The summed E-state index contributed by atoms with van der Waals surface area (Å²) < 4.78 is 0. The maximum atomic E-state index is 9.41. The van der Waals surface area contributed by atoms with Crippen LogP contribution in [0.5, 0.6) is 0 Å². The lowest BCUT2D eigenvalue weighted by atomic mass is 9.87. The van der Waals surface area contributed by atoms with Crippen molar-refractivity contribution >= 4 is 0 Å². The van der Waals surface area contributed by atoms with Crippen LogP contribution in [0.15, 0.2) is 24.3 Å². The van der Waals surface area contributed by atoms with E-state index < -0.39 is 0 Å². The van der Waals surface area contributed by atoms with Crippen molar-refractivity contribution in [1.29, 1.82) is 5.26 Å². The average Bonchev–Trinajstić information content (AvgIpc) is 2.69. The first-order valence-corrected chi connectivity index (χ1v) is 7.69. The minimum Gasteiger partial charge on any atom is -0.319 e. The van der Waals surface area contributed by atoms with Crippen LogP contribution in [0.2, 0.25) is 0 Å². The molecule has 0 amide bonds. The van der Waals surface area contributed by atoms with Crippen LogP contribution in [0.25, 0.3) is 0 Å². The number of nitriles is 1. The zero-order chi connectivity index (χ0) is 14.4. The van der Waals surface area contributed by atoms with Gasteiger partial charge < -0.3 is 5.32 Å². The molecule has 20 heavy (non-hydrogen) atoms. The van der Waals surface area contributed by atoms with Gasteiger partial charge in [0, 0.05) is 6.04 Å². The Bertz CT molecular complexity index is 464. The van der Waals surface area contributed by atoms with Gasteiger partial charge >= 0.3 is 0 Å². The topological polar surface area (TPSA) is 39.1 Å². The Hall–Kier alpha value is -1.37. The van der Waals surface area contributed by atoms with E-state index in [1.54, 1.807) is 0 Å². The molecule has 3 nitrogen and oxygen atoms in total. The summed E-state index contributed by atoms with van der Waals surface area (Å²) in [5.41, 5.74) is 2.04. The van der Waals surface area contributed by atoms with Gasteiger partial charge in [0.05, 0.1) is 11.6 Å². The lowest BCUT2D eigenvalue weighted by Crippen LogP contribution is -2.36. The fraction of sp³-hybridized carbons (Fsp3) is 0.588. The van der Waals surface area contributed by atoms with Gasteiger partial charge in [-0.05, 0) is 57.1 Å². The molecule has 1 aromatic carbocycles. The van der Waals surface area contributed by atoms with Gasteiger partial charge in [0.15, 0.2) is 0 Å². The molecular formula is C17H25N3. The van der Waals surface area contributed by atoms with Gasteiger partial charge in [-0.1, -0.05) is 31.5 Å². The Morgan fingerprint density at radius 2 is 2.15 bits per heavy atom. The van der Waals surface area contributed by atoms with Crippen LogP contribution in [0.3, 0.4) is 0 Å². The highest BCUT2D eigenvalue weighted by Crippen LogP contribution is 2.36. The summed E-state index contributed by atoms with van der Waals surface area (Å²) in [6.07, 6.45) is 3.79. The van der Waals surface area contributed by atoms with Crippen molar-refractivity contribution in [2.24, 2.45) is 5.92 Å². The number of likely N-dealkylation sites (tertiary alicyclic amines) is 1. The molecule has 1 fully saturated rings. The summed E-state index contributed by atoms with van der Waals surface area (Å²) in [6, 6.07) is 10.8. The number of hydrogen-bond acceptors (Lipinski definition) is 3. The van der Waals surface area contributed by atoms with Gasteiger partial charge in [-0.3, -0.25) is 4.90 Å². The minimum atomic E-state index is 0.366. The van der Waals surface area contributed by atoms with Crippen molar-refractivity contribution in [2.75, 3.05) is 26.7 Å². The number of hydrogen-bond donors (Lipinski definition) is 1. The summed E-state index contributed by atoms with van der Waals surface area (Å²) in [6.45, 7) is 5.43. The van der Waals surface area contributed by atoms with Crippen LogP contribution >= 0.6 is 0 Å². The summed E-state index contributed by atoms with van der Waals surface area (Å²) in [5.74, 6) is 0.581. The van der Waals surface area contributed by atoms with Gasteiger partial charge in [0.2, 0.25) is 0 Å². The van der Waals surface area contributed by atoms with E-state index in [-0.39, 0.29) is 0 Å². The third-order valence-electron chi connectivity index (χ3n) is 4.38. The highest BCUT2D eigenvalue weighted by Gasteiger charge is 2.31. The molecule has 0 radical (unpaired) electrons. The quantitative estimate of drug-likeness (QED) is 0.915. The predicted octanol–water partition coefficient (Wildman–Crippen LogP) is 2.94. The van der Waals surface area contributed by atoms with Gasteiger partial charge in [-0.25, -0.2) is 0 Å². The molecule has 0 saturated carbocycles. The average molecular weight is 271 g/mol. The summed E-state index contributed by atoms with van der Waals surface area (Å²) in [5, 5.41) is 12.7. The molecule has 1 N–H and O–H groups in total. The second kappa shape index (κ2) is 7.42. The third kappa shape index (κ3) is 3.20. The summed E-state index contributed by atoms with van der Waals surface area (Å²) in [7, 11) is 2.02. The fourth-order valence-electron chi connectivity index (χ4n) is 3.45. The molecule has 0 aromatic heterocycles. The van der Waals surface area contributed by atoms with Crippen LogP contribution in [0, 0.1) is 17.2 Å². The van der Waals surface area contributed by atoms with E-state index >= 15 is 0 Å². The predicted molar refractivity (Wildman–Crippen MR) is 82.4 cm³/mol. The lowest BCUT2D eigenvalue weighted by Gasteiger charge is -2.35. The summed E-state index contributed by atoms with van der Waals surface area (Å²) >= 11 is 0. The highest BCUT2D eigenvalue weighted by atomic mass is 15.2. The first kappa shape index (κ1) is 15.0. The minimum absolute atomic E-state index is 0.366. The van der Waals surface area contributed by atoms with Crippen LogP contribution < -0.4 is 5.32 Å². The normalized spacial score (nSPS) is 24.1. The van der Waals surface area contributed by atoms with Crippen LogP contribution in [0.1, 0.15) is 43.4 Å². The van der Waals surface area contributed by atoms with Crippen molar-refractivity contribution in [3.63, 3.8) is 0 Å². The summed E-state index contributed by atoms with van der Waals surface area (Å²) in [4.78, 5) is 2.55. The molecule has 1 aromatic rings. The molecule has 1 saturated heterocycles. The maximum absolute atomic E-state index is 9.41. The Morgan fingerprint density at radius 1 is 1.35 bits per heavy atom. The van der Waals surface area contributed by atoms with Crippen LogP contribution in [0.4, 0.5) is 0 Å². The van der Waals surface area contributed by atoms with Gasteiger partial charge in [-0.15, -0.1) is 0 Å². The SMILES string of the molecule is CCN1CCCCC(CNC)C1c1ccccc1C#N. The fourth-order valence-corrected chi connectivity index (χ4v) is 3.45. The second-order valence-electron chi connectivity index (χ2n) is 5.59. The zero-order valence-corrected chi connectivity index (χ0v) is 12.6. The molecule has 2 rings (SSSR count). The first-order chi connectivity index (χ1) is 9.81. The van der Waals surface area contributed by atoms with E-state index in [1.807, 2.05) is 19.2 Å². The van der Waals surface area contributed by atoms with Gasteiger partial charge in [0.25, 0.3) is 0 Å². The molecule has 0 spiro atoms. The Kier molecular flexibility index (Phi) is 5.58. The van der Waals surface area contributed by atoms with E-state index in [1.165, 1.54) is 24.8 Å². The lowest BCUT2D eigenvalue weighted by molar-refractivity contribution is 0.162. The first-order valence-electron chi connectivity index (χ1n) is 7.69.